The zero-order chi connectivity index (χ0) is 25.9. The van der Waals surface area contributed by atoms with Crippen molar-refractivity contribution in [3.05, 3.63) is 101 Å². The average Bonchev–Trinajstić information content (AvgIpc) is 2.85. The zero-order valence-electron chi connectivity index (χ0n) is 18.8. The molecule has 0 radical (unpaired) electrons. The molecule has 4 rings (SSSR count). The number of amides is 2. The Morgan fingerprint density at radius 1 is 1.03 bits per heavy atom. The van der Waals surface area contributed by atoms with Crippen LogP contribution in [0.3, 0.4) is 0 Å². The zero-order valence-corrected chi connectivity index (χ0v) is 18.8. The second-order valence-electron chi connectivity index (χ2n) is 8.33. The number of carbonyl (C=O) groups is 2. The van der Waals surface area contributed by atoms with E-state index in [0.29, 0.717) is 16.8 Å². The molecule has 1 aliphatic heterocycles. The highest BCUT2D eigenvalue weighted by molar-refractivity contribution is 6.04. The molecule has 1 aliphatic rings. The Hall–Kier alpha value is -3.76. The van der Waals surface area contributed by atoms with Crippen LogP contribution in [-0.4, -0.2) is 41.1 Å². The molecule has 2 N–H and O–H groups in total. The number of hydrogen-bond donors (Lipinski definition) is 2. The third-order valence-electron chi connectivity index (χ3n) is 5.85. The molecular formula is C26H22F4N2O4. The summed E-state index contributed by atoms with van der Waals surface area (Å²) in [5.41, 5.74) is 0.864. The highest BCUT2D eigenvalue weighted by Gasteiger charge is 2.35. The number of carbonyl (C=O) groups excluding carboxylic acids is 2. The lowest BCUT2D eigenvalue weighted by molar-refractivity contribution is -0.155. The van der Waals surface area contributed by atoms with Crippen molar-refractivity contribution in [2.24, 2.45) is 0 Å². The summed E-state index contributed by atoms with van der Waals surface area (Å²) in [6.45, 7) is -0.150. The van der Waals surface area contributed by atoms with E-state index < -0.39 is 41.5 Å². The molecule has 0 spiro atoms. The Balaban J connectivity index is 1.45. The molecule has 188 valence electrons. The fourth-order valence-corrected chi connectivity index (χ4v) is 3.88. The summed E-state index contributed by atoms with van der Waals surface area (Å²) in [4.78, 5) is 26.2. The van der Waals surface area contributed by atoms with Crippen molar-refractivity contribution in [1.82, 2.24) is 4.90 Å². The number of aliphatic hydroxyl groups is 1. The van der Waals surface area contributed by atoms with Crippen LogP contribution >= 0.6 is 0 Å². The molecule has 0 aromatic heterocycles. The third kappa shape index (κ3) is 5.89. The lowest BCUT2D eigenvalue weighted by atomic mass is 9.99. The van der Waals surface area contributed by atoms with Crippen LogP contribution in [0, 0.1) is 5.82 Å². The molecule has 10 heteroatoms. The van der Waals surface area contributed by atoms with Gasteiger partial charge in [-0.05, 0) is 59.7 Å². The van der Waals surface area contributed by atoms with E-state index in [4.69, 9.17) is 4.74 Å². The van der Waals surface area contributed by atoms with Gasteiger partial charge in [0.1, 0.15) is 18.5 Å². The molecule has 0 aliphatic carbocycles. The minimum Gasteiger partial charge on any atom is -0.386 e. The van der Waals surface area contributed by atoms with E-state index in [1.807, 2.05) is 0 Å². The smallest absolute Gasteiger partial charge is 0.386 e. The number of aliphatic hydroxyl groups excluding tert-OH is 1. The van der Waals surface area contributed by atoms with Crippen LogP contribution in [-0.2, 0) is 22.3 Å². The molecule has 2 atom stereocenters. The highest BCUT2D eigenvalue weighted by Crippen LogP contribution is 2.30. The normalized spacial score (nSPS) is 17.1. The Bertz CT molecular complexity index is 1210. The third-order valence-corrected chi connectivity index (χ3v) is 5.85. The Morgan fingerprint density at radius 2 is 1.67 bits per heavy atom. The van der Waals surface area contributed by atoms with Gasteiger partial charge < -0.3 is 20.1 Å². The molecule has 6 nitrogen and oxygen atoms in total. The van der Waals surface area contributed by atoms with Gasteiger partial charge in [0, 0.05) is 17.8 Å². The van der Waals surface area contributed by atoms with E-state index in [9.17, 15) is 32.3 Å². The standard InChI is InChI=1S/C26H22F4N2O4/c27-20-9-3-18(4-10-20)25(35)31-21-11-5-17(6-12-21)24(34)22-14-36-15-23(33)32(22)13-16-1-7-19(8-2-16)26(28,29)30/h1-12,22,24,34H,13-15H2,(H,31,35)/t22-,24-/m1/s1. The van der Waals surface area contributed by atoms with Crippen LogP contribution in [0.1, 0.15) is 33.2 Å². The quantitative estimate of drug-likeness (QED) is 0.485. The summed E-state index contributed by atoms with van der Waals surface area (Å²) in [5.74, 6) is -1.28. The Morgan fingerprint density at radius 3 is 2.28 bits per heavy atom. The number of hydrogen-bond acceptors (Lipinski definition) is 4. The van der Waals surface area contributed by atoms with E-state index in [-0.39, 0.29) is 25.3 Å². The van der Waals surface area contributed by atoms with Crippen LogP contribution < -0.4 is 5.32 Å². The summed E-state index contributed by atoms with van der Waals surface area (Å²) in [5, 5.41) is 13.7. The maximum Gasteiger partial charge on any atom is 0.416 e. The summed E-state index contributed by atoms with van der Waals surface area (Å²) >= 11 is 0. The van der Waals surface area contributed by atoms with Crippen molar-refractivity contribution in [2.45, 2.75) is 24.9 Å². The number of anilines is 1. The molecule has 0 bridgehead atoms. The number of halogens is 4. The first-order valence-corrected chi connectivity index (χ1v) is 11.0. The van der Waals surface area contributed by atoms with Gasteiger partial charge in [-0.2, -0.15) is 13.2 Å². The SMILES string of the molecule is O=C(Nc1ccc([C@@H](O)[C@H]2COCC(=O)N2Cc2ccc(C(F)(F)F)cc2)cc1)c1ccc(F)cc1. The minimum atomic E-state index is -4.46. The number of benzene rings is 3. The lowest BCUT2D eigenvalue weighted by Gasteiger charge is -2.38. The topological polar surface area (TPSA) is 78.9 Å². The van der Waals surface area contributed by atoms with E-state index in [1.54, 1.807) is 24.3 Å². The van der Waals surface area contributed by atoms with Gasteiger partial charge in [0.15, 0.2) is 0 Å². The Labute approximate surface area is 204 Å². The second kappa shape index (κ2) is 10.5. The largest absolute Gasteiger partial charge is 0.416 e. The number of nitrogens with zero attached hydrogens (tertiary/aromatic N) is 1. The average molecular weight is 502 g/mol. The van der Waals surface area contributed by atoms with E-state index in [0.717, 1.165) is 12.1 Å². The number of rotatable bonds is 6. The van der Waals surface area contributed by atoms with Gasteiger partial charge in [0.25, 0.3) is 5.91 Å². The molecule has 36 heavy (non-hydrogen) atoms. The molecule has 0 unspecified atom stereocenters. The molecule has 3 aromatic rings. The predicted molar refractivity (Wildman–Crippen MR) is 122 cm³/mol. The van der Waals surface area contributed by atoms with Crippen LogP contribution in [0.25, 0.3) is 0 Å². The highest BCUT2D eigenvalue weighted by atomic mass is 19.4. The van der Waals surface area contributed by atoms with Gasteiger partial charge in [-0.3, -0.25) is 9.59 Å². The van der Waals surface area contributed by atoms with Crippen molar-refractivity contribution in [3.8, 4) is 0 Å². The van der Waals surface area contributed by atoms with E-state index in [2.05, 4.69) is 5.32 Å². The minimum absolute atomic E-state index is 0.00781. The molecule has 1 saturated heterocycles. The van der Waals surface area contributed by atoms with Crippen LogP contribution in [0.15, 0.2) is 72.8 Å². The molecule has 3 aromatic carbocycles. The first kappa shape index (κ1) is 25.3. The van der Waals surface area contributed by atoms with Gasteiger partial charge in [-0.15, -0.1) is 0 Å². The monoisotopic (exact) mass is 502 g/mol. The number of nitrogens with one attached hydrogen (secondary N) is 1. The summed E-state index contributed by atoms with van der Waals surface area (Å²) in [6, 6.07) is 15.1. The van der Waals surface area contributed by atoms with Crippen LogP contribution in [0.2, 0.25) is 0 Å². The molecule has 0 saturated carbocycles. The van der Waals surface area contributed by atoms with E-state index >= 15 is 0 Å². The fourth-order valence-electron chi connectivity index (χ4n) is 3.88. The van der Waals surface area contributed by atoms with Crippen molar-refractivity contribution in [3.63, 3.8) is 0 Å². The summed E-state index contributed by atoms with van der Waals surface area (Å²) in [6.07, 6.45) is -5.61. The summed E-state index contributed by atoms with van der Waals surface area (Å²) in [7, 11) is 0. The van der Waals surface area contributed by atoms with Crippen molar-refractivity contribution in [1.29, 1.82) is 0 Å². The van der Waals surface area contributed by atoms with Gasteiger partial charge in [0.2, 0.25) is 5.91 Å². The molecule has 1 fully saturated rings. The maximum atomic E-state index is 13.1. The van der Waals surface area contributed by atoms with Crippen molar-refractivity contribution in [2.75, 3.05) is 18.5 Å². The first-order chi connectivity index (χ1) is 17.1. The Kier molecular flexibility index (Phi) is 7.37. The van der Waals surface area contributed by atoms with Gasteiger partial charge >= 0.3 is 6.18 Å². The fraction of sp³-hybridized carbons (Fsp3) is 0.231. The van der Waals surface area contributed by atoms with E-state index in [1.165, 1.54) is 41.3 Å². The van der Waals surface area contributed by atoms with Gasteiger partial charge in [-0.25, -0.2) is 4.39 Å². The van der Waals surface area contributed by atoms with Crippen LogP contribution in [0.5, 0.6) is 0 Å². The number of morpholine rings is 1. The summed E-state index contributed by atoms with van der Waals surface area (Å²) < 4.78 is 56.9. The maximum absolute atomic E-state index is 13.1. The van der Waals surface area contributed by atoms with Gasteiger partial charge in [-0.1, -0.05) is 24.3 Å². The van der Waals surface area contributed by atoms with Crippen molar-refractivity contribution >= 4 is 17.5 Å². The van der Waals surface area contributed by atoms with Gasteiger partial charge in [0.05, 0.1) is 18.2 Å². The number of alkyl halides is 3. The van der Waals surface area contributed by atoms with Crippen molar-refractivity contribution < 1.29 is 37.0 Å². The first-order valence-electron chi connectivity index (χ1n) is 11.0. The molecule has 1 heterocycles. The van der Waals surface area contributed by atoms with Crippen LogP contribution in [0.4, 0.5) is 23.2 Å². The lowest BCUT2D eigenvalue weighted by Crippen LogP contribution is -2.51. The predicted octanol–water partition coefficient (Wildman–Crippen LogP) is 4.56. The molecule has 2 amide bonds. The number of ether oxygens (including phenoxy) is 1. The second-order valence-corrected chi connectivity index (χ2v) is 8.33. The molecular weight excluding hydrogens is 480 g/mol.